The molecule has 1 N–H and O–H groups in total. The van der Waals surface area contributed by atoms with Crippen molar-refractivity contribution >= 4 is 21.8 Å². The second kappa shape index (κ2) is 8.76. The van der Waals surface area contributed by atoms with E-state index in [0.29, 0.717) is 17.2 Å². The summed E-state index contributed by atoms with van der Waals surface area (Å²) >= 11 is 0. The molecule has 1 heterocycles. The van der Waals surface area contributed by atoms with E-state index >= 15 is 0 Å². The van der Waals surface area contributed by atoms with Crippen molar-refractivity contribution in [2.75, 3.05) is 39.2 Å². The molecule has 8 nitrogen and oxygen atoms in total. The van der Waals surface area contributed by atoms with Crippen molar-refractivity contribution in [3.8, 4) is 11.5 Å². The van der Waals surface area contributed by atoms with Gasteiger partial charge in [0.15, 0.2) is 11.5 Å². The first-order valence-corrected chi connectivity index (χ1v) is 10.3. The van der Waals surface area contributed by atoms with Crippen molar-refractivity contribution in [2.45, 2.75) is 6.54 Å². The van der Waals surface area contributed by atoms with Gasteiger partial charge in [-0.1, -0.05) is 18.2 Å². The molecule has 0 aliphatic carbocycles. The number of nitrogens with one attached hydrogen (secondary N) is 1. The first-order chi connectivity index (χ1) is 13.8. The van der Waals surface area contributed by atoms with E-state index in [1.807, 2.05) is 0 Å². The first kappa shape index (κ1) is 21.0. The van der Waals surface area contributed by atoms with Gasteiger partial charge >= 0.3 is 0 Å². The van der Waals surface area contributed by atoms with Gasteiger partial charge in [-0.2, -0.15) is 17.0 Å². The van der Waals surface area contributed by atoms with Gasteiger partial charge in [0.1, 0.15) is 5.82 Å². The Morgan fingerprint density at radius 2 is 1.76 bits per heavy atom. The van der Waals surface area contributed by atoms with Gasteiger partial charge in [0.25, 0.3) is 10.2 Å². The molecule has 3 rings (SSSR count). The Bertz CT molecular complexity index is 999. The Morgan fingerprint density at radius 3 is 2.45 bits per heavy atom. The summed E-state index contributed by atoms with van der Waals surface area (Å²) < 4.78 is 51.8. The second-order valence-corrected chi connectivity index (χ2v) is 8.31. The maximum absolute atomic E-state index is 13.8. The van der Waals surface area contributed by atoms with Gasteiger partial charge in [0.2, 0.25) is 5.91 Å². The predicted octanol–water partition coefficient (Wildman–Crippen LogP) is 1.84. The molecular weight excluding hydrogens is 401 g/mol. The van der Waals surface area contributed by atoms with Crippen LogP contribution in [0.15, 0.2) is 42.5 Å². The number of benzene rings is 2. The Morgan fingerprint density at radius 1 is 1.07 bits per heavy atom. The minimum absolute atomic E-state index is 0.0806. The number of hydrogen-bond donors (Lipinski definition) is 1. The van der Waals surface area contributed by atoms with Crippen LogP contribution in [0.25, 0.3) is 0 Å². The molecule has 0 bridgehead atoms. The van der Waals surface area contributed by atoms with Gasteiger partial charge in [0.05, 0.1) is 20.8 Å². The summed E-state index contributed by atoms with van der Waals surface area (Å²) in [5, 5.41) is 2.65. The van der Waals surface area contributed by atoms with Crippen LogP contribution < -0.4 is 14.8 Å². The molecule has 1 fully saturated rings. The second-order valence-electron chi connectivity index (χ2n) is 6.38. The summed E-state index contributed by atoms with van der Waals surface area (Å²) in [7, 11) is -0.881. The van der Waals surface area contributed by atoms with Crippen molar-refractivity contribution in [3.05, 3.63) is 53.8 Å². The quantitative estimate of drug-likeness (QED) is 0.734. The van der Waals surface area contributed by atoms with E-state index in [4.69, 9.17) is 9.47 Å². The normalized spacial score (nSPS) is 16.5. The Kier molecular flexibility index (Phi) is 6.36. The van der Waals surface area contributed by atoms with E-state index in [2.05, 4.69) is 5.32 Å². The standard InChI is InChI=1S/C19H22FN3O5S/c1-27-17-8-7-15(11-18(17)28-2)21-19(24)13-23-10-9-22(29(23,25)26)12-14-5-3-4-6-16(14)20/h3-8,11H,9-10,12-13H2,1-2H3,(H,21,24). The first-order valence-electron chi connectivity index (χ1n) is 8.85. The van der Waals surface area contributed by atoms with E-state index < -0.39 is 21.9 Å². The zero-order valence-corrected chi connectivity index (χ0v) is 16.9. The number of methoxy groups -OCH3 is 2. The van der Waals surface area contributed by atoms with Crippen LogP contribution in [0, 0.1) is 5.82 Å². The molecule has 10 heteroatoms. The minimum atomic E-state index is -3.86. The number of hydrogen-bond acceptors (Lipinski definition) is 5. The third-order valence-electron chi connectivity index (χ3n) is 4.54. The average molecular weight is 423 g/mol. The molecule has 29 heavy (non-hydrogen) atoms. The monoisotopic (exact) mass is 423 g/mol. The van der Waals surface area contributed by atoms with Crippen molar-refractivity contribution in [3.63, 3.8) is 0 Å². The fourth-order valence-electron chi connectivity index (χ4n) is 3.03. The van der Waals surface area contributed by atoms with Gasteiger partial charge in [-0.05, 0) is 18.2 Å². The summed E-state index contributed by atoms with van der Waals surface area (Å²) in [6.45, 7) is -0.0936. The van der Waals surface area contributed by atoms with Crippen LogP contribution in [0.1, 0.15) is 5.56 Å². The lowest BCUT2D eigenvalue weighted by Gasteiger charge is -2.19. The average Bonchev–Trinajstić information content (AvgIpc) is 2.97. The molecule has 2 aromatic carbocycles. The molecule has 156 valence electrons. The zero-order valence-electron chi connectivity index (χ0n) is 16.1. The largest absolute Gasteiger partial charge is 0.493 e. The SMILES string of the molecule is COc1ccc(NC(=O)CN2CCN(Cc3ccccc3F)S2(=O)=O)cc1OC. The van der Waals surface area contributed by atoms with E-state index in [1.165, 1.54) is 26.4 Å². The number of rotatable bonds is 7. The number of carbonyl (C=O) groups excluding carboxylic acids is 1. The van der Waals surface area contributed by atoms with Crippen LogP contribution in [-0.4, -0.2) is 56.8 Å². The molecule has 0 saturated carbocycles. The van der Waals surface area contributed by atoms with Crippen LogP contribution in [0.5, 0.6) is 11.5 Å². The Labute approximate surface area is 169 Å². The lowest BCUT2D eigenvalue weighted by molar-refractivity contribution is -0.116. The number of nitrogens with zero attached hydrogens (tertiary/aromatic N) is 2. The number of amides is 1. The van der Waals surface area contributed by atoms with Crippen molar-refractivity contribution in [2.24, 2.45) is 0 Å². The highest BCUT2D eigenvalue weighted by molar-refractivity contribution is 7.87. The van der Waals surface area contributed by atoms with Gasteiger partial charge < -0.3 is 14.8 Å². The molecule has 0 radical (unpaired) electrons. The molecular formula is C19H22FN3O5S. The van der Waals surface area contributed by atoms with Gasteiger partial charge in [0, 0.05) is 37.0 Å². The molecule has 1 aliphatic rings. The summed E-state index contributed by atoms with van der Waals surface area (Å²) in [6, 6.07) is 10.9. The van der Waals surface area contributed by atoms with E-state index in [1.54, 1.807) is 30.3 Å². The van der Waals surface area contributed by atoms with Crippen LogP contribution in [0.3, 0.4) is 0 Å². The third-order valence-corrected chi connectivity index (χ3v) is 6.47. The number of anilines is 1. The highest BCUT2D eigenvalue weighted by Crippen LogP contribution is 2.29. The minimum Gasteiger partial charge on any atom is -0.493 e. The molecule has 0 aromatic heterocycles. The summed E-state index contributed by atoms with van der Waals surface area (Å²) in [5.41, 5.74) is 0.736. The number of carbonyl (C=O) groups is 1. The van der Waals surface area contributed by atoms with Crippen molar-refractivity contribution < 1.29 is 27.1 Å². The highest BCUT2D eigenvalue weighted by Gasteiger charge is 2.37. The van der Waals surface area contributed by atoms with E-state index in [9.17, 15) is 17.6 Å². The summed E-state index contributed by atoms with van der Waals surface area (Å²) in [5.74, 6) is -0.00700. The van der Waals surface area contributed by atoms with Crippen LogP contribution in [0.4, 0.5) is 10.1 Å². The van der Waals surface area contributed by atoms with E-state index in [0.717, 1.165) is 8.61 Å². The summed E-state index contributed by atoms with van der Waals surface area (Å²) in [6.07, 6.45) is 0. The van der Waals surface area contributed by atoms with Gasteiger partial charge in [-0.3, -0.25) is 4.79 Å². The third kappa shape index (κ3) is 4.66. The fourth-order valence-corrected chi connectivity index (χ4v) is 4.56. The Balaban J connectivity index is 1.64. The highest BCUT2D eigenvalue weighted by atomic mass is 32.2. The number of ether oxygens (including phenoxy) is 2. The maximum Gasteiger partial charge on any atom is 0.282 e. The maximum atomic E-state index is 13.8. The predicted molar refractivity (Wildman–Crippen MR) is 105 cm³/mol. The Hall–Kier alpha value is -2.69. The van der Waals surface area contributed by atoms with Crippen molar-refractivity contribution in [1.29, 1.82) is 0 Å². The van der Waals surface area contributed by atoms with Crippen LogP contribution in [-0.2, 0) is 21.5 Å². The molecule has 0 atom stereocenters. The smallest absolute Gasteiger partial charge is 0.282 e. The number of halogens is 1. The summed E-state index contributed by atoms with van der Waals surface area (Å²) in [4.78, 5) is 12.4. The molecule has 1 saturated heterocycles. The fraction of sp³-hybridized carbons (Fsp3) is 0.316. The van der Waals surface area contributed by atoms with Crippen LogP contribution in [0.2, 0.25) is 0 Å². The lowest BCUT2D eigenvalue weighted by atomic mass is 10.2. The molecule has 0 unspecified atom stereocenters. The lowest BCUT2D eigenvalue weighted by Crippen LogP contribution is -2.37. The molecule has 0 spiro atoms. The molecule has 2 aromatic rings. The van der Waals surface area contributed by atoms with E-state index in [-0.39, 0.29) is 31.7 Å². The van der Waals surface area contributed by atoms with Gasteiger partial charge in [-0.15, -0.1) is 0 Å². The van der Waals surface area contributed by atoms with Crippen molar-refractivity contribution in [1.82, 2.24) is 8.61 Å². The topological polar surface area (TPSA) is 88.2 Å². The van der Waals surface area contributed by atoms with Crippen LogP contribution >= 0.6 is 0 Å². The molecule has 1 amide bonds. The molecule has 1 aliphatic heterocycles. The van der Waals surface area contributed by atoms with Gasteiger partial charge in [-0.25, -0.2) is 4.39 Å². The zero-order chi connectivity index (χ0) is 21.0.